The van der Waals surface area contributed by atoms with Crippen LogP contribution in [0.15, 0.2) is 0 Å². The molecule has 2 N–H and O–H groups in total. The number of ketones is 1. The van der Waals surface area contributed by atoms with E-state index in [0.717, 1.165) is 6.21 Å². The molecule has 0 aliphatic heterocycles. The lowest BCUT2D eigenvalue weighted by Gasteiger charge is -2.11. The number of nitrogens with one attached hydrogen (secondary N) is 2. The molecular formula is C8H14N2O2. The minimum Gasteiger partial charge on any atom is -0.346 e. The fourth-order valence-corrected chi connectivity index (χ4v) is 0.522. The summed E-state index contributed by atoms with van der Waals surface area (Å²) in [5.41, 5.74) is 0. The second-order valence-electron chi connectivity index (χ2n) is 2.80. The van der Waals surface area contributed by atoms with E-state index >= 15 is 0 Å². The van der Waals surface area contributed by atoms with Crippen LogP contribution < -0.4 is 5.32 Å². The van der Waals surface area contributed by atoms with Crippen molar-refractivity contribution < 1.29 is 9.59 Å². The molecule has 68 valence electrons. The molecule has 1 amide bonds. The zero-order valence-corrected chi connectivity index (χ0v) is 7.55. The summed E-state index contributed by atoms with van der Waals surface area (Å²) >= 11 is 0. The zero-order valence-electron chi connectivity index (χ0n) is 7.55. The number of hydrogen-bond donors (Lipinski definition) is 2. The monoisotopic (exact) mass is 170 g/mol. The Labute approximate surface area is 71.9 Å². The largest absolute Gasteiger partial charge is 0.346 e. The molecule has 0 saturated heterocycles. The van der Waals surface area contributed by atoms with Crippen molar-refractivity contribution >= 4 is 17.9 Å². The molecule has 0 aromatic carbocycles. The third-order valence-corrected chi connectivity index (χ3v) is 1.63. The summed E-state index contributed by atoms with van der Waals surface area (Å²) in [6.07, 6.45) is 1.04. The first-order valence-electron chi connectivity index (χ1n) is 3.80. The molecule has 0 aromatic heterocycles. The van der Waals surface area contributed by atoms with E-state index in [-0.39, 0.29) is 11.7 Å². The molecule has 0 aliphatic rings. The van der Waals surface area contributed by atoms with Crippen molar-refractivity contribution in [3.05, 3.63) is 0 Å². The van der Waals surface area contributed by atoms with Gasteiger partial charge in [0.2, 0.25) is 5.91 Å². The fourth-order valence-electron chi connectivity index (χ4n) is 0.522. The van der Waals surface area contributed by atoms with Crippen LogP contribution in [0.25, 0.3) is 0 Å². The van der Waals surface area contributed by atoms with Gasteiger partial charge in [-0.05, 0) is 20.8 Å². The van der Waals surface area contributed by atoms with Crippen LogP contribution in [-0.2, 0) is 9.59 Å². The summed E-state index contributed by atoms with van der Waals surface area (Å²) in [4.78, 5) is 21.8. The molecule has 0 radical (unpaired) electrons. The van der Waals surface area contributed by atoms with Crippen molar-refractivity contribution in [1.82, 2.24) is 5.32 Å². The number of carbonyl (C=O) groups is 2. The number of carbonyl (C=O) groups excluding carboxylic acids is 2. The SMILES string of the molecule is CC(=O)[C@@H](C)NC(=O)C(C)C=N. The molecule has 0 heterocycles. The molecule has 0 aromatic rings. The maximum absolute atomic E-state index is 11.1. The third kappa shape index (κ3) is 3.27. The van der Waals surface area contributed by atoms with Gasteiger partial charge in [-0.1, -0.05) is 0 Å². The van der Waals surface area contributed by atoms with E-state index in [1.807, 2.05) is 0 Å². The number of rotatable bonds is 4. The van der Waals surface area contributed by atoms with E-state index in [9.17, 15) is 9.59 Å². The van der Waals surface area contributed by atoms with Crippen LogP contribution in [0, 0.1) is 11.3 Å². The van der Waals surface area contributed by atoms with Crippen LogP contribution in [0.4, 0.5) is 0 Å². The van der Waals surface area contributed by atoms with Crippen LogP contribution in [0.3, 0.4) is 0 Å². The predicted octanol–water partition coefficient (Wildman–Crippen LogP) is 0.366. The topological polar surface area (TPSA) is 70.0 Å². The summed E-state index contributed by atoms with van der Waals surface area (Å²) in [5.74, 6) is -0.833. The molecule has 0 fully saturated rings. The maximum Gasteiger partial charge on any atom is 0.228 e. The van der Waals surface area contributed by atoms with E-state index in [0.29, 0.717) is 0 Å². The van der Waals surface area contributed by atoms with Crippen LogP contribution >= 0.6 is 0 Å². The molecule has 0 bridgehead atoms. The highest BCUT2D eigenvalue weighted by Gasteiger charge is 2.14. The van der Waals surface area contributed by atoms with Crippen LogP contribution in [0.5, 0.6) is 0 Å². The first-order valence-corrected chi connectivity index (χ1v) is 3.80. The minimum absolute atomic E-state index is 0.0828. The van der Waals surface area contributed by atoms with Gasteiger partial charge in [0.05, 0.1) is 12.0 Å². The normalized spacial score (nSPS) is 14.6. The molecular weight excluding hydrogens is 156 g/mol. The van der Waals surface area contributed by atoms with E-state index in [1.165, 1.54) is 6.92 Å². The molecule has 1 unspecified atom stereocenters. The fraction of sp³-hybridized carbons (Fsp3) is 0.625. The lowest BCUT2D eigenvalue weighted by atomic mass is 10.1. The van der Waals surface area contributed by atoms with Crippen molar-refractivity contribution in [3.63, 3.8) is 0 Å². The van der Waals surface area contributed by atoms with Gasteiger partial charge < -0.3 is 10.7 Å². The molecule has 0 spiro atoms. The molecule has 2 atom stereocenters. The predicted molar refractivity (Wildman–Crippen MR) is 46.2 cm³/mol. The molecule has 0 rings (SSSR count). The van der Waals surface area contributed by atoms with Gasteiger partial charge in [-0.3, -0.25) is 9.59 Å². The third-order valence-electron chi connectivity index (χ3n) is 1.63. The lowest BCUT2D eigenvalue weighted by molar-refractivity contribution is -0.127. The Hall–Kier alpha value is -1.19. The average molecular weight is 170 g/mol. The molecule has 4 nitrogen and oxygen atoms in total. The summed E-state index contributed by atoms with van der Waals surface area (Å²) in [6, 6.07) is -0.458. The van der Waals surface area contributed by atoms with Gasteiger partial charge in [0.1, 0.15) is 0 Å². The maximum atomic E-state index is 11.1. The second-order valence-corrected chi connectivity index (χ2v) is 2.80. The second kappa shape index (κ2) is 4.64. The number of hydrogen-bond acceptors (Lipinski definition) is 3. The van der Waals surface area contributed by atoms with Crippen molar-refractivity contribution in [2.24, 2.45) is 5.92 Å². The highest BCUT2D eigenvalue weighted by atomic mass is 16.2. The Morgan fingerprint density at radius 1 is 1.42 bits per heavy atom. The summed E-state index contributed by atoms with van der Waals surface area (Å²) in [5, 5.41) is 9.31. The highest BCUT2D eigenvalue weighted by molar-refractivity contribution is 5.95. The lowest BCUT2D eigenvalue weighted by Crippen LogP contribution is -2.40. The summed E-state index contributed by atoms with van der Waals surface area (Å²) in [7, 11) is 0. The zero-order chi connectivity index (χ0) is 9.72. The molecule has 0 aliphatic carbocycles. The Balaban J connectivity index is 4.00. The van der Waals surface area contributed by atoms with Crippen molar-refractivity contribution in [1.29, 1.82) is 5.41 Å². The van der Waals surface area contributed by atoms with Gasteiger partial charge in [-0.25, -0.2) is 0 Å². The van der Waals surface area contributed by atoms with Gasteiger partial charge in [0.15, 0.2) is 5.78 Å². The Morgan fingerprint density at radius 3 is 2.25 bits per heavy atom. The van der Waals surface area contributed by atoms with Gasteiger partial charge in [-0.15, -0.1) is 0 Å². The quantitative estimate of drug-likeness (QED) is 0.598. The Bertz CT molecular complexity index is 201. The van der Waals surface area contributed by atoms with Crippen molar-refractivity contribution in [2.45, 2.75) is 26.8 Å². The van der Waals surface area contributed by atoms with Gasteiger partial charge in [-0.2, -0.15) is 0 Å². The summed E-state index contributed by atoms with van der Waals surface area (Å²) in [6.45, 7) is 4.64. The smallest absolute Gasteiger partial charge is 0.228 e. The van der Waals surface area contributed by atoms with Crippen LogP contribution in [0.2, 0.25) is 0 Å². The number of Topliss-reactive ketones (excluding diaryl/α,β-unsaturated/α-hetero) is 1. The van der Waals surface area contributed by atoms with E-state index in [1.54, 1.807) is 13.8 Å². The summed E-state index contributed by atoms with van der Waals surface area (Å²) < 4.78 is 0. The number of amides is 1. The molecule has 12 heavy (non-hydrogen) atoms. The molecule has 4 heteroatoms. The van der Waals surface area contributed by atoms with E-state index < -0.39 is 12.0 Å². The molecule has 0 saturated carbocycles. The standard InChI is InChI=1S/C8H14N2O2/c1-5(4-9)8(12)10-6(2)7(3)11/h4-6,9H,1-3H3,(H,10,12)/t5?,6-/m1/s1. The van der Waals surface area contributed by atoms with Crippen molar-refractivity contribution in [2.75, 3.05) is 0 Å². The minimum atomic E-state index is -0.466. The van der Waals surface area contributed by atoms with Crippen LogP contribution in [-0.4, -0.2) is 23.9 Å². The van der Waals surface area contributed by atoms with Gasteiger partial charge >= 0.3 is 0 Å². The van der Waals surface area contributed by atoms with Gasteiger partial charge in [0, 0.05) is 6.21 Å². The highest BCUT2D eigenvalue weighted by Crippen LogP contribution is 1.91. The van der Waals surface area contributed by atoms with Crippen LogP contribution in [0.1, 0.15) is 20.8 Å². The van der Waals surface area contributed by atoms with E-state index in [4.69, 9.17) is 5.41 Å². The van der Waals surface area contributed by atoms with E-state index in [2.05, 4.69) is 5.32 Å². The first-order chi connectivity index (χ1) is 5.49. The van der Waals surface area contributed by atoms with Gasteiger partial charge in [0.25, 0.3) is 0 Å². The van der Waals surface area contributed by atoms with Crippen molar-refractivity contribution in [3.8, 4) is 0 Å². The average Bonchev–Trinajstić information content (AvgIpc) is 2.02. The Kier molecular flexibility index (Phi) is 4.18. The Morgan fingerprint density at radius 2 is 1.92 bits per heavy atom. The first kappa shape index (κ1) is 10.8.